The highest BCUT2D eigenvalue weighted by molar-refractivity contribution is 5.09. The molecule has 1 nitrogen and oxygen atoms in total. The molecule has 0 saturated carbocycles. The molecule has 1 aliphatic heterocycles. The number of fused-ring (bicyclic) bond motifs is 1. The van der Waals surface area contributed by atoms with Crippen molar-refractivity contribution in [2.24, 2.45) is 11.8 Å². The lowest BCUT2D eigenvalue weighted by Crippen LogP contribution is -2.17. The molecule has 1 fully saturated rings. The van der Waals surface area contributed by atoms with E-state index in [4.69, 9.17) is 4.74 Å². The van der Waals surface area contributed by atoms with Crippen LogP contribution in [0, 0.1) is 11.8 Å². The van der Waals surface area contributed by atoms with E-state index in [2.05, 4.69) is 26.0 Å². The van der Waals surface area contributed by atoms with Crippen molar-refractivity contribution in [2.45, 2.75) is 32.5 Å². The van der Waals surface area contributed by atoms with E-state index in [9.17, 15) is 0 Å². The average molecular weight is 138 g/mol. The molecule has 0 spiro atoms. The molecule has 10 heavy (non-hydrogen) atoms. The molecule has 2 aliphatic rings. The fourth-order valence-corrected chi connectivity index (χ4v) is 1.77. The molecule has 3 unspecified atom stereocenters. The Hall–Kier alpha value is -0.300. The van der Waals surface area contributed by atoms with Crippen LogP contribution in [0.5, 0.6) is 0 Å². The summed E-state index contributed by atoms with van der Waals surface area (Å²) >= 11 is 0. The Kier molecular flexibility index (Phi) is 1.34. The fourth-order valence-electron chi connectivity index (χ4n) is 1.77. The number of hydrogen-bond acceptors (Lipinski definition) is 1. The largest absolute Gasteiger partial charge is 0.369 e. The molecule has 0 aromatic rings. The summed E-state index contributed by atoms with van der Waals surface area (Å²) in [4.78, 5) is 0. The van der Waals surface area contributed by atoms with Crippen molar-refractivity contribution in [1.82, 2.24) is 0 Å². The van der Waals surface area contributed by atoms with Gasteiger partial charge in [-0.25, -0.2) is 0 Å². The minimum Gasteiger partial charge on any atom is -0.369 e. The van der Waals surface area contributed by atoms with E-state index in [1.807, 2.05) is 0 Å². The zero-order chi connectivity index (χ0) is 7.14. The van der Waals surface area contributed by atoms with E-state index in [-0.39, 0.29) is 0 Å². The summed E-state index contributed by atoms with van der Waals surface area (Å²) in [7, 11) is 0. The van der Waals surface area contributed by atoms with Crippen LogP contribution in [0.25, 0.3) is 0 Å². The molecule has 2 rings (SSSR count). The van der Waals surface area contributed by atoms with E-state index >= 15 is 0 Å². The van der Waals surface area contributed by atoms with Gasteiger partial charge in [0.1, 0.15) is 0 Å². The maximum Gasteiger partial charge on any atom is 0.0909 e. The molecule has 0 aromatic heterocycles. The highest BCUT2D eigenvalue weighted by Gasteiger charge is 2.45. The van der Waals surface area contributed by atoms with Crippen molar-refractivity contribution in [3.05, 3.63) is 12.2 Å². The molecular weight excluding hydrogens is 124 g/mol. The number of epoxide rings is 1. The van der Waals surface area contributed by atoms with Gasteiger partial charge >= 0.3 is 0 Å². The van der Waals surface area contributed by atoms with Gasteiger partial charge in [-0.1, -0.05) is 26.0 Å². The van der Waals surface area contributed by atoms with E-state index in [0.717, 1.165) is 12.3 Å². The van der Waals surface area contributed by atoms with Crippen LogP contribution >= 0.6 is 0 Å². The molecule has 0 radical (unpaired) electrons. The molecular formula is C9H14O. The van der Waals surface area contributed by atoms with Crippen LogP contribution in [0.4, 0.5) is 0 Å². The summed E-state index contributed by atoms with van der Waals surface area (Å²) in [5.41, 5.74) is 0. The Bertz CT molecular complexity index is 160. The number of rotatable bonds is 1. The summed E-state index contributed by atoms with van der Waals surface area (Å²) in [6.45, 7) is 4.53. The second-order valence-electron chi connectivity index (χ2n) is 3.62. The van der Waals surface area contributed by atoms with Gasteiger partial charge in [-0.3, -0.25) is 0 Å². The summed E-state index contributed by atoms with van der Waals surface area (Å²) in [6, 6.07) is 0. The molecule has 0 bridgehead atoms. The van der Waals surface area contributed by atoms with Gasteiger partial charge in [-0.2, -0.15) is 0 Å². The van der Waals surface area contributed by atoms with Crippen LogP contribution in [0.1, 0.15) is 20.3 Å². The van der Waals surface area contributed by atoms with Crippen molar-refractivity contribution in [3.63, 3.8) is 0 Å². The maximum absolute atomic E-state index is 5.49. The lowest BCUT2D eigenvalue weighted by atomic mass is 9.87. The maximum atomic E-state index is 5.49. The zero-order valence-electron chi connectivity index (χ0n) is 6.58. The zero-order valence-corrected chi connectivity index (χ0v) is 6.58. The van der Waals surface area contributed by atoms with Crippen molar-refractivity contribution in [2.75, 3.05) is 0 Å². The Morgan fingerprint density at radius 1 is 1.50 bits per heavy atom. The van der Waals surface area contributed by atoms with Gasteiger partial charge in [0.05, 0.1) is 12.2 Å². The van der Waals surface area contributed by atoms with E-state index in [1.165, 1.54) is 0 Å². The number of hydrogen-bond donors (Lipinski definition) is 0. The molecule has 1 heterocycles. The average Bonchev–Trinajstić information content (AvgIpc) is 2.63. The molecule has 0 N–H and O–H groups in total. The van der Waals surface area contributed by atoms with E-state index in [0.29, 0.717) is 18.1 Å². The fraction of sp³-hybridized carbons (Fsp3) is 0.778. The summed E-state index contributed by atoms with van der Waals surface area (Å²) in [5, 5.41) is 0. The lowest BCUT2D eigenvalue weighted by Gasteiger charge is -2.16. The third-order valence-electron chi connectivity index (χ3n) is 2.50. The third-order valence-corrected chi connectivity index (χ3v) is 2.50. The quantitative estimate of drug-likeness (QED) is 0.399. The first-order chi connectivity index (χ1) is 4.79. The van der Waals surface area contributed by atoms with Gasteiger partial charge in [0.25, 0.3) is 0 Å². The molecule has 56 valence electrons. The lowest BCUT2D eigenvalue weighted by molar-refractivity contribution is 0.309. The third kappa shape index (κ3) is 0.891. The van der Waals surface area contributed by atoms with Crippen LogP contribution in [0.2, 0.25) is 0 Å². The van der Waals surface area contributed by atoms with Crippen LogP contribution in [-0.4, -0.2) is 12.2 Å². The summed E-state index contributed by atoms with van der Waals surface area (Å²) in [5.74, 6) is 1.44. The first-order valence-electron chi connectivity index (χ1n) is 4.11. The Labute approximate surface area is 62.1 Å². The number of ether oxygens (including phenoxy) is 1. The topological polar surface area (TPSA) is 12.5 Å². The minimum absolute atomic E-state index is 0.574. The first-order valence-corrected chi connectivity index (χ1v) is 4.11. The monoisotopic (exact) mass is 138 g/mol. The highest BCUT2D eigenvalue weighted by atomic mass is 16.6. The van der Waals surface area contributed by atoms with Crippen LogP contribution in [0.15, 0.2) is 12.2 Å². The smallest absolute Gasteiger partial charge is 0.0909 e. The van der Waals surface area contributed by atoms with Crippen molar-refractivity contribution in [1.29, 1.82) is 0 Å². The van der Waals surface area contributed by atoms with Crippen LogP contribution in [0.3, 0.4) is 0 Å². The molecule has 1 saturated heterocycles. The first kappa shape index (κ1) is 6.41. The standard InChI is InChI=1S/C9H14O/c1-6(2)7-4-3-5-8-9(7)10-8/h3-4,6-9H,5H2,1-2H3. The van der Waals surface area contributed by atoms with Crippen LogP contribution < -0.4 is 0 Å². The van der Waals surface area contributed by atoms with Gasteiger partial charge in [-0.05, 0) is 12.3 Å². The van der Waals surface area contributed by atoms with Gasteiger partial charge < -0.3 is 4.74 Å². The highest BCUT2D eigenvalue weighted by Crippen LogP contribution is 2.40. The molecule has 1 aliphatic carbocycles. The van der Waals surface area contributed by atoms with E-state index < -0.39 is 0 Å². The Morgan fingerprint density at radius 2 is 2.30 bits per heavy atom. The van der Waals surface area contributed by atoms with E-state index in [1.54, 1.807) is 0 Å². The van der Waals surface area contributed by atoms with Crippen molar-refractivity contribution < 1.29 is 4.74 Å². The second kappa shape index (κ2) is 2.09. The molecule has 0 aromatic carbocycles. The molecule has 0 amide bonds. The van der Waals surface area contributed by atoms with Crippen molar-refractivity contribution in [3.8, 4) is 0 Å². The van der Waals surface area contributed by atoms with Gasteiger partial charge in [0.2, 0.25) is 0 Å². The van der Waals surface area contributed by atoms with Gasteiger partial charge in [0.15, 0.2) is 0 Å². The second-order valence-corrected chi connectivity index (χ2v) is 3.62. The van der Waals surface area contributed by atoms with Gasteiger partial charge in [0, 0.05) is 5.92 Å². The predicted octanol–water partition coefficient (Wildman–Crippen LogP) is 1.99. The molecule has 3 atom stereocenters. The summed E-state index contributed by atoms with van der Waals surface area (Å²) < 4.78 is 5.49. The Balaban J connectivity index is 2.07. The SMILES string of the molecule is CC(C)C1C=CCC2OC21. The van der Waals surface area contributed by atoms with Crippen LogP contribution in [-0.2, 0) is 4.74 Å². The van der Waals surface area contributed by atoms with Crippen molar-refractivity contribution >= 4 is 0 Å². The summed E-state index contributed by atoms with van der Waals surface area (Å²) in [6.07, 6.45) is 6.88. The Morgan fingerprint density at radius 3 is 2.90 bits per heavy atom. The normalized spacial score (nSPS) is 43.7. The molecule has 1 heteroatoms. The van der Waals surface area contributed by atoms with Gasteiger partial charge in [-0.15, -0.1) is 0 Å². The predicted molar refractivity (Wildman–Crippen MR) is 40.7 cm³/mol. The minimum atomic E-state index is 0.574.